The average molecular weight is 362 g/mol. The number of rotatable bonds is 7. The van der Waals surface area contributed by atoms with Crippen molar-refractivity contribution in [2.75, 3.05) is 26.1 Å². The molecule has 2 rings (SSSR count). The monoisotopic (exact) mass is 362 g/mol. The molecule has 6 heteroatoms. The number of carbonyl (C=O) groups excluding carboxylic acids is 1. The summed E-state index contributed by atoms with van der Waals surface area (Å²) in [4.78, 5) is 12.4. The number of terminal acetylenes is 1. The number of nitriles is 1. The molecule has 0 aromatic heterocycles. The molecule has 2 aromatic carbocycles. The van der Waals surface area contributed by atoms with Crippen molar-refractivity contribution in [2.45, 2.75) is 0 Å². The van der Waals surface area contributed by atoms with Crippen molar-refractivity contribution >= 4 is 17.7 Å². The van der Waals surface area contributed by atoms with E-state index in [1.807, 2.05) is 6.07 Å². The third kappa shape index (κ3) is 5.29. The van der Waals surface area contributed by atoms with E-state index >= 15 is 0 Å². The average Bonchev–Trinajstić information content (AvgIpc) is 2.71. The number of anilines is 1. The first-order valence-corrected chi connectivity index (χ1v) is 7.92. The number of hydrogen-bond donors (Lipinski definition) is 1. The number of benzene rings is 2. The van der Waals surface area contributed by atoms with E-state index in [4.69, 9.17) is 20.6 Å². The Morgan fingerprint density at radius 3 is 2.44 bits per heavy atom. The van der Waals surface area contributed by atoms with Gasteiger partial charge in [-0.15, -0.1) is 6.42 Å². The standard InChI is InChI=1S/C21H18N2O4/c1-4-11-27-18-8-5-15(6-9-18)12-16(14-22)21(24)23-17-7-10-19(25-2)20(13-17)26-3/h1,5-10,12-13H,11H2,2-3H3,(H,23,24)/b16-12-. The maximum atomic E-state index is 12.4. The minimum absolute atomic E-state index is 0.0397. The van der Waals surface area contributed by atoms with Crippen molar-refractivity contribution in [3.05, 3.63) is 53.6 Å². The molecule has 0 unspecified atom stereocenters. The SMILES string of the molecule is C#CCOc1ccc(/C=C(/C#N)C(=O)Nc2ccc(OC)c(OC)c2)cc1. The molecular formula is C21H18N2O4. The lowest BCUT2D eigenvalue weighted by molar-refractivity contribution is -0.112. The van der Waals surface area contributed by atoms with E-state index in [1.165, 1.54) is 20.3 Å². The van der Waals surface area contributed by atoms with Crippen LogP contribution in [-0.2, 0) is 4.79 Å². The van der Waals surface area contributed by atoms with E-state index < -0.39 is 5.91 Å². The third-order valence-electron chi connectivity index (χ3n) is 3.52. The molecule has 0 aliphatic heterocycles. The highest BCUT2D eigenvalue weighted by atomic mass is 16.5. The van der Waals surface area contributed by atoms with Gasteiger partial charge in [-0.25, -0.2) is 0 Å². The fourth-order valence-corrected chi connectivity index (χ4v) is 2.21. The summed E-state index contributed by atoms with van der Waals surface area (Å²) in [6.45, 7) is 0.173. The Kier molecular flexibility index (Phi) is 6.87. The molecule has 0 fully saturated rings. The predicted molar refractivity (Wildman–Crippen MR) is 103 cm³/mol. The van der Waals surface area contributed by atoms with Crippen LogP contribution in [0.5, 0.6) is 17.2 Å². The van der Waals surface area contributed by atoms with Gasteiger partial charge in [0.1, 0.15) is 24.0 Å². The molecular weight excluding hydrogens is 344 g/mol. The summed E-state index contributed by atoms with van der Waals surface area (Å²) in [6.07, 6.45) is 6.63. The fraction of sp³-hybridized carbons (Fsp3) is 0.143. The Bertz CT molecular complexity index is 919. The van der Waals surface area contributed by atoms with Crippen LogP contribution in [0.4, 0.5) is 5.69 Å². The number of hydrogen-bond acceptors (Lipinski definition) is 5. The minimum atomic E-state index is -0.530. The van der Waals surface area contributed by atoms with Gasteiger partial charge in [0.25, 0.3) is 5.91 Å². The largest absolute Gasteiger partial charge is 0.493 e. The molecule has 0 saturated carbocycles. The van der Waals surface area contributed by atoms with Crippen molar-refractivity contribution in [3.63, 3.8) is 0 Å². The van der Waals surface area contributed by atoms with Crippen LogP contribution in [-0.4, -0.2) is 26.7 Å². The van der Waals surface area contributed by atoms with Gasteiger partial charge in [0, 0.05) is 11.8 Å². The molecule has 2 aromatic rings. The molecule has 0 atom stereocenters. The van der Waals surface area contributed by atoms with E-state index in [1.54, 1.807) is 42.5 Å². The second-order valence-corrected chi connectivity index (χ2v) is 5.26. The maximum Gasteiger partial charge on any atom is 0.266 e. The van der Waals surface area contributed by atoms with Crippen molar-refractivity contribution in [3.8, 4) is 35.7 Å². The number of carbonyl (C=O) groups is 1. The molecule has 6 nitrogen and oxygen atoms in total. The van der Waals surface area contributed by atoms with E-state index in [9.17, 15) is 10.1 Å². The van der Waals surface area contributed by atoms with Gasteiger partial charge >= 0.3 is 0 Å². The lowest BCUT2D eigenvalue weighted by atomic mass is 10.1. The maximum absolute atomic E-state index is 12.4. The van der Waals surface area contributed by atoms with Gasteiger partial charge in [0.15, 0.2) is 11.5 Å². The lowest BCUT2D eigenvalue weighted by Crippen LogP contribution is -2.13. The third-order valence-corrected chi connectivity index (χ3v) is 3.52. The first-order valence-electron chi connectivity index (χ1n) is 7.92. The molecule has 0 saturated heterocycles. The first-order chi connectivity index (χ1) is 13.1. The molecule has 1 N–H and O–H groups in total. The highest BCUT2D eigenvalue weighted by Crippen LogP contribution is 2.29. The van der Waals surface area contributed by atoms with Crippen molar-refractivity contribution in [2.24, 2.45) is 0 Å². The molecule has 1 amide bonds. The molecule has 0 aliphatic rings. The summed E-state index contributed by atoms with van der Waals surface area (Å²) >= 11 is 0. The van der Waals surface area contributed by atoms with Crippen LogP contribution in [0, 0.1) is 23.7 Å². The van der Waals surface area contributed by atoms with Gasteiger partial charge in [-0.2, -0.15) is 5.26 Å². The summed E-state index contributed by atoms with van der Waals surface area (Å²) in [5.41, 5.74) is 1.13. The van der Waals surface area contributed by atoms with E-state index in [0.717, 1.165) is 0 Å². The van der Waals surface area contributed by atoms with Crippen LogP contribution in [0.15, 0.2) is 48.0 Å². The Balaban J connectivity index is 2.15. The molecule has 0 spiro atoms. The fourth-order valence-electron chi connectivity index (χ4n) is 2.21. The summed E-state index contributed by atoms with van der Waals surface area (Å²) in [6, 6.07) is 13.7. The number of methoxy groups -OCH3 is 2. The second kappa shape index (κ2) is 9.55. The number of ether oxygens (including phenoxy) is 3. The summed E-state index contributed by atoms with van der Waals surface area (Å²) in [7, 11) is 3.02. The van der Waals surface area contributed by atoms with Crippen molar-refractivity contribution < 1.29 is 19.0 Å². The molecule has 136 valence electrons. The van der Waals surface area contributed by atoms with Crippen LogP contribution < -0.4 is 19.5 Å². The van der Waals surface area contributed by atoms with Crippen molar-refractivity contribution in [1.29, 1.82) is 5.26 Å². The molecule has 27 heavy (non-hydrogen) atoms. The topological polar surface area (TPSA) is 80.6 Å². The van der Waals surface area contributed by atoms with Gasteiger partial charge in [-0.1, -0.05) is 18.1 Å². The van der Waals surface area contributed by atoms with E-state index in [2.05, 4.69) is 11.2 Å². The van der Waals surface area contributed by atoms with Crippen LogP contribution >= 0.6 is 0 Å². The zero-order chi connectivity index (χ0) is 19.6. The highest BCUT2D eigenvalue weighted by Gasteiger charge is 2.12. The summed E-state index contributed by atoms with van der Waals surface area (Å²) in [5, 5.41) is 12.0. The first kappa shape index (κ1) is 19.4. The van der Waals surface area contributed by atoms with E-state index in [-0.39, 0.29) is 12.2 Å². The summed E-state index contributed by atoms with van der Waals surface area (Å²) in [5.74, 6) is 3.47. The predicted octanol–water partition coefficient (Wildman–Crippen LogP) is 3.26. The zero-order valence-corrected chi connectivity index (χ0v) is 15.0. The van der Waals surface area contributed by atoms with Gasteiger partial charge in [0.2, 0.25) is 0 Å². The number of nitrogens with one attached hydrogen (secondary N) is 1. The van der Waals surface area contributed by atoms with Gasteiger partial charge in [0.05, 0.1) is 14.2 Å². The smallest absolute Gasteiger partial charge is 0.266 e. The Morgan fingerprint density at radius 2 is 1.85 bits per heavy atom. The Hall–Kier alpha value is -3.90. The lowest BCUT2D eigenvalue weighted by Gasteiger charge is -2.10. The van der Waals surface area contributed by atoms with Gasteiger partial charge < -0.3 is 19.5 Å². The van der Waals surface area contributed by atoms with Crippen LogP contribution in [0.25, 0.3) is 6.08 Å². The van der Waals surface area contributed by atoms with E-state index in [0.29, 0.717) is 28.5 Å². The molecule has 0 heterocycles. The van der Waals surface area contributed by atoms with Crippen LogP contribution in [0.2, 0.25) is 0 Å². The van der Waals surface area contributed by atoms with Gasteiger partial charge in [-0.3, -0.25) is 4.79 Å². The van der Waals surface area contributed by atoms with Crippen LogP contribution in [0.1, 0.15) is 5.56 Å². The Morgan fingerprint density at radius 1 is 1.15 bits per heavy atom. The summed E-state index contributed by atoms with van der Waals surface area (Å²) < 4.78 is 15.6. The number of nitrogens with zero attached hydrogens (tertiary/aromatic N) is 1. The molecule has 0 radical (unpaired) electrons. The normalized spacial score (nSPS) is 10.3. The zero-order valence-electron chi connectivity index (χ0n) is 15.0. The molecule has 0 aliphatic carbocycles. The van der Waals surface area contributed by atoms with Crippen molar-refractivity contribution in [1.82, 2.24) is 0 Å². The highest BCUT2D eigenvalue weighted by molar-refractivity contribution is 6.09. The van der Waals surface area contributed by atoms with Gasteiger partial charge in [-0.05, 0) is 35.9 Å². The minimum Gasteiger partial charge on any atom is -0.493 e. The molecule has 0 bridgehead atoms. The number of amides is 1. The quantitative estimate of drug-likeness (QED) is 0.464. The Labute approximate surface area is 158 Å². The van der Waals surface area contributed by atoms with Crippen LogP contribution in [0.3, 0.4) is 0 Å². The second-order valence-electron chi connectivity index (χ2n) is 5.26.